The summed E-state index contributed by atoms with van der Waals surface area (Å²) < 4.78 is 15.4. The first-order valence-electron chi connectivity index (χ1n) is 5.72. The van der Waals surface area contributed by atoms with Crippen LogP contribution in [0, 0.1) is 0 Å². The van der Waals surface area contributed by atoms with Crippen LogP contribution in [-0.2, 0) is 26.5 Å². The standard InChI is InChI=1S/C8H13O3P.C5H4O2S.Cu/c1-9-6-12(7-10-2)8-4-3-5-11-8;6-5(7)4-2-1-3-8-4;/h3-5H,6-7H2,1-2H3;1-3H,(H,6,7);. The van der Waals surface area contributed by atoms with E-state index in [9.17, 15) is 4.79 Å². The third-order valence-corrected chi connectivity index (χ3v) is 5.00. The van der Waals surface area contributed by atoms with Gasteiger partial charge in [0.25, 0.3) is 0 Å². The molecule has 2 heterocycles. The fourth-order valence-corrected chi connectivity index (χ4v) is 3.35. The van der Waals surface area contributed by atoms with Gasteiger partial charge in [-0.3, -0.25) is 0 Å². The minimum absolute atomic E-state index is 0. The molecule has 0 aliphatic carbocycles. The minimum Gasteiger partial charge on any atom is -0.477 e. The largest absolute Gasteiger partial charge is 0.477 e. The number of furan rings is 1. The van der Waals surface area contributed by atoms with Gasteiger partial charge in [-0.2, -0.15) is 0 Å². The van der Waals surface area contributed by atoms with Crippen molar-refractivity contribution in [3.8, 4) is 0 Å². The van der Waals surface area contributed by atoms with Crippen molar-refractivity contribution in [1.29, 1.82) is 0 Å². The van der Waals surface area contributed by atoms with Crippen molar-refractivity contribution >= 4 is 30.7 Å². The minimum atomic E-state index is -0.847. The summed E-state index contributed by atoms with van der Waals surface area (Å²) in [6, 6.07) is 7.14. The summed E-state index contributed by atoms with van der Waals surface area (Å²) in [5.41, 5.74) is 0.980. The van der Waals surface area contributed by atoms with Gasteiger partial charge in [0.05, 0.1) is 19.0 Å². The van der Waals surface area contributed by atoms with Gasteiger partial charge in [-0.05, 0) is 23.6 Å². The predicted molar refractivity (Wildman–Crippen MR) is 80.3 cm³/mol. The Labute approximate surface area is 139 Å². The molecule has 8 heteroatoms. The van der Waals surface area contributed by atoms with Crippen molar-refractivity contribution in [2.24, 2.45) is 0 Å². The molecule has 1 radical (unpaired) electrons. The Morgan fingerprint density at radius 1 is 1.29 bits per heavy atom. The second-order valence-corrected chi connectivity index (χ2v) is 6.59. The summed E-state index contributed by atoms with van der Waals surface area (Å²) in [6.07, 6.45) is 3.06. The fraction of sp³-hybridized carbons (Fsp3) is 0.308. The number of hydrogen-bond donors (Lipinski definition) is 1. The van der Waals surface area contributed by atoms with E-state index in [-0.39, 0.29) is 17.1 Å². The second kappa shape index (κ2) is 11.9. The molecule has 5 nitrogen and oxygen atoms in total. The molecule has 0 spiro atoms. The molecule has 21 heavy (non-hydrogen) atoms. The second-order valence-electron chi connectivity index (χ2n) is 3.61. The van der Waals surface area contributed by atoms with Crippen molar-refractivity contribution in [3.05, 3.63) is 40.8 Å². The van der Waals surface area contributed by atoms with Crippen molar-refractivity contribution in [1.82, 2.24) is 0 Å². The maximum absolute atomic E-state index is 10.1. The SMILES string of the molecule is COCP(COC)c1ccco1.O=C(O)c1cccs1.[Cu]. The van der Waals surface area contributed by atoms with Crippen LogP contribution in [0.2, 0.25) is 0 Å². The Kier molecular flexibility index (Phi) is 11.5. The maximum atomic E-state index is 10.1. The molecule has 0 saturated heterocycles. The molecule has 2 rings (SSSR count). The zero-order valence-electron chi connectivity index (χ0n) is 11.6. The van der Waals surface area contributed by atoms with E-state index in [1.165, 1.54) is 11.3 Å². The van der Waals surface area contributed by atoms with Gasteiger partial charge in [-0.25, -0.2) is 4.79 Å². The molecule has 0 amide bonds. The van der Waals surface area contributed by atoms with Gasteiger partial charge >= 0.3 is 5.97 Å². The molecule has 0 unspecified atom stereocenters. The maximum Gasteiger partial charge on any atom is 0.345 e. The first kappa shape index (κ1) is 20.3. The molecule has 2 aromatic heterocycles. The summed E-state index contributed by atoms with van der Waals surface area (Å²) in [7, 11) is 2.95. The first-order chi connectivity index (χ1) is 9.69. The zero-order chi connectivity index (χ0) is 14.8. The van der Waals surface area contributed by atoms with Gasteiger partial charge in [-0.1, -0.05) is 6.07 Å². The number of carboxylic acid groups (broad SMARTS) is 1. The number of methoxy groups -OCH3 is 2. The van der Waals surface area contributed by atoms with Gasteiger partial charge < -0.3 is 19.0 Å². The molecule has 0 saturated carbocycles. The van der Waals surface area contributed by atoms with Gasteiger partial charge in [0.2, 0.25) is 0 Å². The van der Waals surface area contributed by atoms with Crippen molar-refractivity contribution in [3.63, 3.8) is 0 Å². The van der Waals surface area contributed by atoms with Gasteiger partial charge in [-0.15, -0.1) is 11.3 Å². The average Bonchev–Trinajstić information content (AvgIpc) is 3.13. The van der Waals surface area contributed by atoms with E-state index in [0.29, 0.717) is 17.6 Å². The van der Waals surface area contributed by atoms with Crippen molar-refractivity contribution < 1.29 is 40.9 Å². The van der Waals surface area contributed by atoms with Crippen LogP contribution in [-0.4, -0.2) is 38.0 Å². The van der Waals surface area contributed by atoms with Crippen molar-refractivity contribution in [2.75, 3.05) is 26.9 Å². The third kappa shape index (κ3) is 7.76. The molecule has 0 bridgehead atoms. The monoisotopic (exact) mass is 379 g/mol. The Morgan fingerprint density at radius 3 is 2.29 bits per heavy atom. The van der Waals surface area contributed by atoms with Gasteiger partial charge in [0.1, 0.15) is 10.4 Å². The Morgan fingerprint density at radius 2 is 1.95 bits per heavy atom. The topological polar surface area (TPSA) is 68.9 Å². The number of rotatable bonds is 6. The van der Waals surface area contributed by atoms with E-state index in [2.05, 4.69) is 0 Å². The van der Waals surface area contributed by atoms with E-state index < -0.39 is 13.9 Å². The molecule has 1 N–H and O–H groups in total. The zero-order valence-corrected chi connectivity index (χ0v) is 14.3. The summed E-state index contributed by atoms with van der Waals surface area (Å²) in [4.78, 5) is 10.5. The third-order valence-electron chi connectivity index (χ3n) is 2.12. The Bertz CT molecular complexity index is 469. The molecule has 0 aliphatic heterocycles. The van der Waals surface area contributed by atoms with Crippen LogP contribution < -0.4 is 5.50 Å². The van der Waals surface area contributed by atoms with Crippen LogP contribution in [0.5, 0.6) is 0 Å². The van der Waals surface area contributed by atoms with Crippen molar-refractivity contribution in [2.45, 2.75) is 0 Å². The van der Waals surface area contributed by atoms with Crippen LogP contribution >= 0.6 is 19.3 Å². The number of carbonyl (C=O) groups is 1. The number of carboxylic acids is 1. The summed E-state index contributed by atoms with van der Waals surface area (Å²) in [5.74, 6) is -0.847. The molecular weight excluding hydrogens is 363 g/mol. The van der Waals surface area contributed by atoms with Gasteiger partial charge in [0, 0.05) is 39.2 Å². The van der Waals surface area contributed by atoms with Crippen LogP contribution in [0.1, 0.15) is 9.67 Å². The summed E-state index contributed by atoms with van der Waals surface area (Å²) >= 11 is 1.23. The Balaban J connectivity index is 0.000000390. The first-order valence-corrected chi connectivity index (χ1v) is 8.31. The van der Waals surface area contributed by atoms with Crippen LogP contribution in [0.3, 0.4) is 0 Å². The van der Waals surface area contributed by atoms with Crippen LogP contribution in [0.4, 0.5) is 0 Å². The van der Waals surface area contributed by atoms with E-state index >= 15 is 0 Å². The fourth-order valence-electron chi connectivity index (χ4n) is 1.33. The molecule has 0 fully saturated rings. The molecule has 121 valence electrons. The molecule has 0 atom stereocenters. The van der Waals surface area contributed by atoms with Crippen LogP contribution in [0.25, 0.3) is 0 Å². The summed E-state index contributed by atoms with van der Waals surface area (Å²) in [6.45, 7) is 0. The smallest absolute Gasteiger partial charge is 0.345 e. The molecular formula is C13H17CuO5PS. The predicted octanol–water partition coefficient (Wildman–Crippen LogP) is 3.04. The summed E-state index contributed by atoms with van der Waals surface area (Å²) in [5, 5.41) is 10.0. The van der Waals surface area contributed by atoms with Gasteiger partial charge in [0.15, 0.2) is 0 Å². The average molecular weight is 380 g/mol. The van der Waals surface area contributed by atoms with E-state index in [0.717, 1.165) is 5.50 Å². The normalized spacial score (nSPS) is 9.67. The molecule has 0 aromatic carbocycles. The quantitative estimate of drug-likeness (QED) is 0.617. The number of hydrogen-bond acceptors (Lipinski definition) is 5. The van der Waals surface area contributed by atoms with E-state index in [1.54, 1.807) is 38.0 Å². The Hall–Kier alpha value is -0.681. The van der Waals surface area contributed by atoms with E-state index in [1.807, 2.05) is 12.1 Å². The van der Waals surface area contributed by atoms with Crippen LogP contribution in [0.15, 0.2) is 40.3 Å². The molecule has 2 aromatic rings. The molecule has 0 aliphatic rings. The number of ether oxygens (including phenoxy) is 2. The van der Waals surface area contributed by atoms with E-state index in [4.69, 9.17) is 19.0 Å². The number of aromatic carboxylic acids is 1. The number of thiophene rings is 1.